The van der Waals surface area contributed by atoms with Gasteiger partial charge < -0.3 is 14.4 Å². The normalized spacial score (nSPS) is 15.1. The summed E-state index contributed by atoms with van der Waals surface area (Å²) in [7, 11) is -0.819. The average Bonchev–Trinajstić information content (AvgIpc) is 2.92. The highest BCUT2D eigenvalue weighted by Crippen LogP contribution is 2.41. The van der Waals surface area contributed by atoms with Gasteiger partial charge in [-0.3, -0.25) is 9.52 Å². The molecule has 0 radical (unpaired) electrons. The van der Waals surface area contributed by atoms with Crippen molar-refractivity contribution in [3.8, 4) is 11.5 Å². The summed E-state index contributed by atoms with van der Waals surface area (Å²) in [5.74, 6) is 0.870. The second kappa shape index (κ2) is 7.01. The molecule has 8 heteroatoms. The molecule has 1 heterocycles. The molecular weight excluding hydrogens is 380 g/mol. The first-order valence-electron chi connectivity index (χ1n) is 8.76. The molecule has 1 aliphatic heterocycles. The Morgan fingerprint density at radius 1 is 1.07 bits per heavy atom. The van der Waals surface area contributed by atoms with Gasteiger partial charge in [0, 0.05) is 30.6 Å². The third-order valence-electron chi connectivity index (χ3n) is 4.87. The van der Waals surface area contributed by atoms with Gasteiger partial charge in [0.1, 0.15) is 0 Å². The Hall–Kier alpha value is -2.74. The molecule has 1 amide bonds. The Morgan fingerprint density at radius 2 is 1.75 bits per heavy atom. The van der Waals surface area contributed by atoms with Crippen LogP contribution in [0, 0.1) is 0 Å². The molecule has 150 valence electrons. The summed E-state index contributed by atoms with van der Waals surface area (Å²) >= 11 is 0. The van der Waals surface area contributed by atoms with E-state index in [9.17, 15) is 13.2 Å². The Labute approximate surface area is 165 Å². The monoisotopic (exact) mass is 404 g/mol. The lowest BCUT2D eigenvalue weighted by Crippen LogP contribution is -2.31. The van der Waals surface area contributed by atoms with Gasteiger partial charge in [0.2, 0.25) is 5.91 Å². The summed E-state index contributed by atoms with van der Waals surface area (Å²) in [6, 6.07) is 9.64. The largest absolute Gasteiger partial charge is 0.493 e. The summed E-state index contributed by atoms with van der Waals surface area (Å²) in [6.07, 6.45) is 0. The van der Waals surface area contributed by atoms with E-state index in [4.69, 9.17) is 9.47 Å². The van der Waals surface area contributed by atoms with Crippen molar-refractivity contribution < 1.29 is 22.7 Å². The minimum atomic E-state index is -3.82. The molecule has 0 bridgehead atoms. The molecule has 0 atom stereocenters. The van der Waals surface area contributed by atoms with Crippen molar-refractivity contribution in [2.75, 3.05) is 30.4 Å². The Bertz CT molecular complexity index is 1030. The Kier molecular flexibility index (Phi) is 5.01. The second-order valence-corrected chi connectivity index (χ2v) is 9.03. The van der Waals surface area contributed by atoms with E-state index < -0.39 is 10.0 Å². The number of fused-ring (bicyclic) bond motifs is 1. The van der Waals surface area contributed by atoms with Crippen molar-refractivity contribution in [2.24, 2.45) is 0 Å². The van der Waals surface area contributed by atoms with Crippen LogP contribution in [0.2, 0.25) is 0 Å². The van der Waals surface area contributed by atoms with Crippen LogP contribution >= 0.6 is 0 Å². The highest BCUT2D eigenvalue weighted by atomic mass is 32.2. The highest BCUT2D eigenvalue weighted by molar-refractivity contribution is 7.92. The van der Waals surface area contributed by atoms with Gasteiger partial charge in [0.05, 0.1) is 24.8 Å². The van der Waals surface area contributed by atoms with Crippen LogP contribution in [0.4, 0.5) is 11.4 Å². The smallest absolute Gasteiger partial charge is 0.261 e. The molecule has 1 aliphatic rings. The minimum Gasteiger partial charge on any atom is -0.493 e. The third kappa shape index (κ3) is 3.52. The molecule has 7 nitrogen and oxygen atoms in total. The lowest BCUT2D eigenvalue weighted by atomic mass is 9.87. The lowest BCUT2D eigenvalue weighted by Gasteiger charge is -2.19. The van der Waals surface area contributed by atoms with Crippen molar-refractivity contribution in [3.05, 3.63) is 42.0 Å². The van der Waals surface area contributed by atoms with E-state index in [0.29, 0.717) is 23.7 Å². The van der Waals surface area contributed by atoms with Crippen molar-refractivity contribution >= 4 is 27.3 Å². The third-order valence-corrected chi connectivity index (χ3v) is 6.25. The van der Waals surface area contributed by atoms with Crippen molar-refractivity contribution in [1.29, 1.82) is 0 Å². The highest BCUT2D eigenvalue weighted by Gasteiger charge is 2.37. The maximum absolute atomic E-state index is 12.9. The number of benzene rings is 2. The van der Waals surface area contributed by atoms with E-state index in [2.05, 4.69) is 4.72 Å². The number of hydrogen-bond donors (Lipinski definition) is 1. The van der Waals surface area contributed by atoms with Gasteiger partial charge in [-0.05, 0) is 35.9 Å². The zero-order valence-electron chi connectivity index (χ0n) is 16.6. The van der Waals surface area contributed by atoms with Crippen LogP contribution in [0.15, 0.2) is 41.3 Å². The number of carbonyl (C=O) groups excluding carboxylic acids is 1. The van der Waals surface area contributed by atoms with Crippen LogP contribution in [0.3, 0.4) is 0 Å². The van der Waals surface area contributed by atoms with Crippen LogP contribution in [0.25, 0.3) is 0 Å². The maximum atomic E-state index is 12.9. The lowest BCUT2D eigenvalue weighted by molar-refractivity contribution is -0.116. The summed E-state index contributed by atoms with van der Waals surface area (Å²) in [4.78, 5) is 13.7. The van der Waals surface area contributed by atoms with E-state index >= 15 is 0 Å². The molecule has 2 aromatic carbocycles. The predicted octanol–water partition coefficient (Wildman–Crippen LogP) is 3.15. The summed E-state index contributed by atoms with van der Waals surface area (Å²) < 4.78 is 38.8. The maximum Gasteiger partial charge on any atom is 0.261 e. The number of hydrogen-bond acceptors (Lipinski definition) is 5. The number of amides is 1. The molecule has 1 N–H and O–H groups in total. The van der Waals surface area contributed by atoms with Gasteiger partial charge >= 0.3 is 0 Å². The molecule has 0 saturated carbocycles. The fourth-order valence-electron chi connectivity index (χ4n) is 3.42. The number of rotatable bonds is 5. The van der Waals surface area contributed by atoms with Gasteiger partial charge in [-0.25, -0.2) is 8.42 Å². The number of sulfonamides is 1. The van der Waals surface area contributed by atoms with E-state index in [1.54, 1.807) is 35.2 Å². The molecule has 2 aromatic rings. The average molecular weight is 404 g/mol. The summed E-state index contributed by atoms with van der Waals surface area (Å²) in [5, 5.41) is 0. The van der Waals surface area contributed by atoms with Crippen LogP contribution in [-0.4, -0.2) is 35.1 Å². The van der Waals surface area contributed by atoms with Crippen LogP contribution in [-0.2, 0) is 20.2 Å². The van der Waals surface area contributed by atoms with Crippen molar-refractivity contribution in [3.63, 3.8) is 0 Å². The van der Waals surface area contributed by atoms with E-state index in [1.165, 1.54) is 27.2 Å². The zero-order chi connectivity index (χ0) is 20.7. The number of methoxy groups -OCH3 is 2. The standard InChI is InChI=1S/C20H24N2O5S/c1-13(23)22-12-20(2,3)16-11-15(7-8-17(16)22)28(24,25)21-14-6-9-18(26-4)19(10-14)27-5/h6-11,21H,12H2,1-5H3. The first-order valence-corrected chi connectivity index (χ1v) is 10.2. The zero-order valence-corrected chi connectivity index (χ0v) is 17.4. The van der Waals surface area contributed by atoms with Crippen molar-refractivity contribution in [2.45, 2.75) is 31.1 Å². The van der Waals surface area contributed by atoms with Crippen LogP contribution in [0.5, 0.6) is 11.5 Å². The van der Waals surface area contributed by atoms with Gasteiger partial charge in [-0.15, -0.1) is 0 Å². The van der Waals surface area contributed by atoms with Crippen LogP contribution in [0.1, 0.15) is 26.3 Å². The van der Waals surface area contributed by atoms with Gasteiger partial charge in [0.15, 0.2) is 11.5 Å². The fourth-order valence-corrected chi connectivity index (χ4v) is 4.50. The SMILES string of the molecule is COc1ccc(NS(=O)(=O)c2ccc3c(c2)C(C)(C)CN3C(C)=O)cc1OC. The Morgan fingerprint density at radius 3 is 2.36 bits per heavy atom. The molecule has 28 heavy (non-hydrogen) atoms. The molecule has 0 aromatic heterocycles. The molecule has 0 aliphatic carbocycles. The quantitative estimate of drug-likeness (QED) is 0.828. The van der Waals surface area contributed by atoms with Gasteiger partial charge in [0.25, 0.3) is 10.0 Å². The fraction of sp³-hybridized carbons (Fsp3) is 0.350. The first-order chi connectivity index (χ1) is 13.1. The molecule has 0 saturated heterocycles. The van der Waals surface area contributed by atoms with E-state index in [-0.39, 0.29) is 16.2 Å². The van der Waals surface area contributed by atoms with Gasteiger partial charge in [-0.1, -0.05) is 13.8 Å². The number of nitrogens with zero attached hydrogens (tertiary/aromatic N) is 1. The molecule has 0 unspecified atom stereocenters. The molecule has 0 spiro atoms. The van der Waals surface area contributed by atoms with Crippen LogP contribution < -0.4 is 19.1 Å². The second-order valence-electron chi connectivity index (χ2n) is 7.34. The number of carbonyl (C=O) groups is 1. The topological polar surface area (TPSA) is 84.9 Å². The molecule has 3 rings (SSSR count). The Balaban J connectivity index is 1.97. The van der Waals surface area contributed by atoms with Gasteiger partial charge in [-0.2, -0.15) is 0 Å². The number of nitrogens with one attached hydrogen (secondary N) is 1. The van der Waals surface area contributed by atoms with Crippen molar-refractivity contribution in [1.82, 2.24) is 0 Å². The van der Waals surface area contributed by atoms with E-state index in [0.717, 1.165) is 11.3 Å². The molecular formula is C20H24N2O5S. The number of ether oxygens (including phenoxy) is 2. The molecule has 0 fully saturated rings. The summed E-state index contributed by atoms with van der Waals surface area (Å²) in [5.41, 5.74) is 1.61. The first kappa shape index (κ1) is 20.0. The predicted molar refractivity (Wildman–Crippen MR) is 108 cm³/mol. The number of anilines is 2. The van der Waals surface area contributed by atoms with E-state index in [1.807, 2.05) is 13.8 Å². The minimum absolute atomic E-state index is 0.0640. The summed E-state index contributed by atoms with van der Waals surface area (Å²) in [6.45, 7) is 6.01.